The molecule has 0 bridgehead atoms. The second-order valence-electron chi connectivity index (χ2n) is 6.85. The van der Waals surface area contributed by atoms with E-state index >= 15 is 0 Å². The molecule has 5 heteroatoms. The van der Waals surface area contributed by atoms with Gasteiger partial charge in [-0.15, -0.1) is 0 Å². The third-order valence-corrected chi connectivity index (χ3v) is 5.08. The van der Waals surface area contributed by atoms with E-state index in [0.717, 1.165) is 11.1 Å². The molecule has 0 aliphatic carbocycles. The highest BCUT2D eigenvalue weighted by atomic mass is 35.5. The molecule has 1 N–H and O–H groups in total. The van der Waals surface area contributed by atoms with Crippen LogP contribution in [0.1, 0.15) is 33.9 Å². The molecular weight excluding hydrogens is 384 g/mol. The Morgan fingerprint density at radius 2 is 1.48 bits per heavy atom. The molecule has 0 aliphatic heterocycles. The van der Waals surface area contributed by atoms with Gasteiger partial charge in [-0.1, -0.05) is 78.3 Å². The number of carbonyl (C=O) groups is 2. The maximum Gasteiger partial charge on any atom is 0.251 e. The van der Waals surface area contributed by atoms with E-state index in [2.05, 4.69) is 5.32 Å². The molecule has 3 rings (SSSR count). The van der Waals surface area contributed by atoms with E-state index in [4.69, 9.17) is 11.6 Å². The lowest BCUT2D eigenvalue weighted by Gasteiger charge is -2.23. The predicted octanol–water partition coefficient (Wildman–Crippen LogP) is 4.86. The van der Waals surface area contributed by atoms with Gasteiger partial charge in [0.25, 0.3) is 5.91 Å². The molecule has 0 aromatic heterocycles. The predicted molar refractivity (Wildman–Crippen MR) is 116 cm³/mol. The van der Waals surface area contributed by atoms with Crippen LogP contribution in [0.25, 0.3) is 0 Å². The standard InChI is InChI=1S/C24H23ClN2O2/c1-27(17-20-14-8-9-15-21(20)25)23(28)16-22(18-10-4-2-5-11-18)26-24(29)19-12-6-3-7-13-19/h2-15,22H,16-17H2,1H3,(H,26,29). The van der Waals surface area contributed by atoms with Crippen LogP contribution in [-0.4, -0.2) is 23.8 Å². The van der Waals surface area contributed by atoms with Gasteiger partial charge >= 0.3 is 0 Å². The van der Waals surface area contributed by atoms with Crippen LogP contribution in [-0.2, 0) is 11.3 Å². The maximum atomic E-state index is 12.9. The number of hydrogen-bond donors (Lipinski definition) is 1. The molecule has 0 radical (unpaired) electrons. The van der Waals surface area contributed by atoms with Crippen molar-refractivity contribution in [1.29, 1.82) is 0 Å². The molecule has 4 nitrogen and oxygen atoms in total. The molecule has 2 amide bonds. The topological polar surface area (TPSA) is 49.4 Å². The Labute approximate surface area is 176 Å². The second-order valence-corrected chi connectivity index (χ2v) is 7.26. The Morgan fingerprint density at radius 1 is 0.897 bits per heavy atom. The third-order valence-electron chi connectivity index (χ3n) is 4.71. The Balaban J connectivity index is 1.73. The van der Waals surface area contributed by atoms with E-state index in [1.165, 1.54) is 0 Å². The summed E-state index contributed by atoms with van der Waals surface area (Å²) < 4.78 is 0. The van der Waals surface area contributed by atoms with E-state index in [9.17, 15) is 9.59 Å². The zero-order valence-electron chi connectivity index (χ0n) is 16.2. The molecule has 1 unspecified atom stereocenters. The van der Waals surface area contributed by atoms with Gasteiger partial charge < -0.3 is 10.2 Å². The van der Waals surface area contributed by atoms with Gasteiger partial charge in [0, 0.05) is 24.2 Å². The first kappa shape index (κ1) is 20.6. The van der Waals surface area contributed by atoms with Crippen LogP contribution in [0.2, 0.25) is 5.02 Å². The van der Waals surface area contributed by atoms with Crippen LogP contribution in [0, 0.1) is 0 Å². The van der Waals surface area contributed by atoms with Gasteiger partial charge in [-0.05, 0) is 29.3 Å². The summed E-state index contributed by atoms with van der Waals surface area (Å²) in [6.45, 7) is 0.409. The summed E-state index contributed by atoms with van der Waals surface area (Å²) >= 11 is 6.22. The van der Waals surface area contributed by atoms with Crippen LogP contribution >= 0.6 is 11.6 Å². The van der Waals surface area contributed by atoms with E-state index in [0.29, 0.717) is 17.1 Å². The van der Waals surface area contributed by atoms with Gasteiger partial charge in [0.1, 0.15) is 0 Å². The number of rotatable bonds is 7. The van der Waals surface area contributed by atoms with E-state index in [-0.39, 0.29) is 18.2 Å². The first-order valence-electron chi connectivity index (χ1n) is 9.43. The molecule has 0 saturated carbocycles. The summed E-state index contributed by atoms with van der Waals surface area (Å²) in [4.78, 5) is 27.2. The highest BCUT2D eigenvalue weighted by Crippen LogP contribution is 2.21. The average Bonchev–Trinajstić information content (AvgIpc) is 2.76. The van der Waals surface area contributed by atoms with Crippen molar-refractivity contribution in [2.45, 2.75) is 19.0 Å². The summed E-state index contributed by atoms with van der Waals surface area (Å²) in [6.07, 6.45) is 0.156. The monoisotopic (exact) mass is 406 g/mol. The van der Waals surface area contributed by atoms with Crippen molar-refractivity contribution in [3.8, 4) is 0 Å². The lowest BCUT2D eigenvalue weighted by atomic mass is 10.0. The summed E-state index contributed by atoms with van der Waals surface area (Å²) in [5.74, 6) is -0.284. The van der Waals surface area contributed by atoms with Crippen molar-refractivity contribution >= 4 is 23.4 Å². The van der Waals surface area contributed by atoms with Gasteiger partial charge in [0.2, 0.25) is 5.91 Å². The third kappa shape index (κ3) is 5.69. The minimum atomic E-state index is -0.426. The SMILES string of the molecule is CN(Cc1ccccc1Cl)C(=O)CC(NC(=O)c1ccccc1)c1ccccc1. The highest BCUT2D eigenvalue weighted by Gasteiger charge is 2.21. The summed E-state index contributed by atoms with van der Waals surface area (Å²) in [6, 6.07) is 25.6. The summed E-state index contributed by atoms with van der Waals surface area (Å²) in [5, 5.41) is 3.63. The Bertz CT molecular complexity index is 961. The van der Waals surface area contributed by atoms with Crippen molar-refractivity contribution < 1.29 is 9.59 Å². The smallest absolute Gasteiger partial charge is 0.251 e. The second kappa shape index (κ2) is 9.89. The molecule has 29 heavy (non-hydrogen) atoms. The van der Waals surface area contributed by atoms with E-state index in [1.807, 2.05) is 72.8 Å². The number of benzene rings is 3. The van der Waals surface area contributed by atoms with Gasteiger partial charge in [-0.3, -0.25) is 9.59 Å². The number of amides is 2. The normalized spacial score (nSPS) is 11.5. The van der Waals surface area contributed by atoms with Gasteiger partial charge in [0.05, 0.1) is 12.5 Å². The van der Waals surface area contributed by atoms with Gasteiger partial charge in [-0.2, -0.15) is 0 Å². The average molecular weight is 407 g/mol. The molecule has 3 aromatic carbocycles. The number of halogens is 1. The van der Waals surface area contributed by atoms with E-state index < -0.39 is 6.04 Å². The fraction of sp³-hybridized carbons (Fsp3) is 0.167. The largest absolute Gasteiger partial charge is 0.345 e. The first-order chi connectivity index (χ1) is 14.0. The zero-order chi connectivity index (χ0) is 20.6. The molecule has 0 heterocycles. The molecule has 0 saturated heterocycles. The van der Waals surface area contributed by atoms with E-state index in [1.54, 1.807) is 24.1 Å². The fourth-order valence-electron chi connectivity index (χ4n) is 3.07. The van der Waals surface area contributed by atoms with Crippen molar-refractivity contribution in [2.24, 2.45) is 0 Å². The van der Waals surface area contributed by atoms with Gasteiger partial charge in [-0.25, -0.2) is 0 Å². The van der Waals surface area contributed by atoms with Crippen LogP contribution < -0.4 is 5.32 Å². The quantitative estimate of drug-likeness (QED) is 0.609. The zero-order valence-corrected chi connectivity index (χ0v) is 17.0. The summed E-state index contributed by atoms with van der Waals surface area (Å²) in [7, 11) is 1.74. The molecule has 0 fully saturated rings. The molecule has 1 atom stereocenters. The number of nitrogens with zero attached hydrogens (tertiary/aromatic N) is 1. The number of carbonyl (C=O) groups excluding carboxylic acids is 2. The Morgan fingerprint density at radius 3 is 2.14 bits per heavy atom. The summed E-state index contributed by atoms with van der Waals surface area (Å²) in [5.41, 5.74) is 2.33. The van der Waals surface area contributed by atoms with Crippen LogP contribution in [0.4, 0.5) is 0 Å². The van der Waals surface area contributed by atoms with Crippen molar-refractivity contribution in [1.82, 2.24) is 10.2 Å². The minimum Gasteiger partial charge on any atom is -0.345 e. The lowest BCUT2D eigenvalue weighted by Crippen LogP contribution is -2.34. The van der Waals surface area contributed by atoms with Crippen LogP contribution in [0.15, 0.2) is 84.9 Å². The van der Waals surface area contributed by atoms with Crippen molar-refractivity contribution in [3.05, 3.63) is 107 Å². The van der Waals surface area contributed by atoms with Crippen LogP contribution in [0.3, 0.4) is 0 Å². The van der Waals surface area contributed by atoms with Crippen LogP contribution in [0.5, 0.6) is 0 Å². The first-order valence-corrected chi connectivity index (χ1v) is 9.80. The van der Waals surface area contributed by atoms with Crippen molar-refractivity contribution in [3.63, 3.8) is 0 Å². The lowest BCUT2D eigenvalue weighted by molar-refractivity contribution is -0.130. The van der Waals surface area contributed by atoms with Gasteiger partial charge in [0.15, 0.2) is 0 Å². The fourth-order valence-corrected chi connectivity index (χ4v) is 3.26. The molecule has 0 aliphatic rings. The molecule has 0 spiro atoms. The van der Waals surface area contributed by atoms with Crippen molar-refractivity contribution in [2.75, 3.05) is 7.05 Å². The number of nitrogens with one attached hydrogen (secondary N) is 1. The minimum absolute atomic E-state index is 0.0767. The molecule has 148 valence electrons. The molecular formula is C24H23ClN2O2. The maximum absolute atomic E-state index is 12.9. The highest BCUT2D eigenvalue weighted by molar-refractivity contribution is 6.31. The number of hydrogen-bond acceptors (Lipinski definition) is 2. The Kier molecular flexibility index (Phi) is 7.04. The molecule has 3 aromatic rings. The Hall–Kier alpha value is -3.11.